The van der Waals surface area contributed by atoms with Crippen LogP contribution >= 0.6 is 0 Å². The van der Waals surface area contributed by atoms with Gasteiger partial charge in [0.25, 0.3) is 5.91 Å². The zero-order chi connectivity index (χ0) is 17.6. The summed E-state index contributed by atoms with van der Waals surface area (Å²) < 4.78 is 27.9. The fourth-order valence-corrected chi connectivity index (χ4v) is 4.00. The average molecular weight is 342 g/mol. The van der Waals surface area contributed by atoms with Crippen molar-refractivity contribution in [3.8, 4) is 11.1 Å². The predicted octanol–water partition coefficient (Wildman–Crippen LogP) is 3.23. The van der Waals surface area contributed by atoms with E-state index < -0.39 is 5.82 Å². The number of nitrogens with one attached hydrogen (secondary N) is 1. The van der Waals surface area contributed by atoms with Crippen LogP contribution < -0.4 is 5.32 Å². The highest BCUT2D eigenvalue weighted by molar-refractivity contribution is 5.95. The summed E-state index contributed by atoms with van der Waals surface area (Å²) in [5.41, 5.74) is 2.06. The highest BCUT2D eigenvalue weighted by atomic mass is 19.1. The third kappa shape index (κ3) is 2.93. The molecule has 0 radical (unpaired) electrons. The van der Waals surface area contributed by atoms with Gasteiger partial charge in [-0.05, 0) is 54.2 Å². The molecule has 25 heavy (non-hydrogen) atoms. The van der Waals surface area contributed by atoms with Crippen molar-refractivity contribution in [3.05, 3.63) is 59.2 Å². The van der Waals surface area contributed by atoms with Crippen molar-refractivity contribution in [2.24, 2.45) is 11.8 Å². The van der Waals surface area contributed by atoms with Crippen LogP contribution in [0.5, 0.6) is 0 Å². The van der Waals surface area contributed by atoms with Gasteiger partial charge < -0.3 is 10.2 Å². The Hall–Kier alpha value is -2.27. The number of nitrogens with zero attached hydrogens (tertiary/aromatic N) is 1. The van der Waals surface area contributed by atoms with E-state index in [9.17, 15) is 13.6 Å². The van der Waals surface area contributed by atoms with Crippen molar-refractivity contribution >= 4 is 5.91 Å². The Morgan fingerprint density at radius 2 is 1.72 bits per heavy atom. The zero-order valence-corrected chi connectivity index (χ0v) is 14.1. The molecule has 0 unspecified atom stereocenters. The summed E-state index contributed by atoms with van der Waals surface area (Å²) in [6.45, 7) is 5.11. The number of fused-ring (bicyclic) bond motifs is 1. The first kappa shape index (κ1) is 16.2. The smallest absolute Gasteiger partial charge is 0.253 e. The fraction of sp³-hybridized carbons (Fsp3) is 0.350. The largest absolute Gasteiger partial charge is 0.338 e. The van der Waals surface area contributed by atoms with Crippen molar-refractivity contribution in [2.45, 2.75) is 6.92 Å². The van der Waals surface area contributed by atoms with Crippen LogP contribution in [-0.2, 0) is 0 Å². The highest BCUT2D eigenvalue weighted by Gasteiger charge is 2.38. The number of carbonyl (C=O) groups is 1. The second-order valence-electron chi connectivity index (χ2n) is 7.04. The lowest BCUT2D eigenvalue weighted by molar-refractivity contribution is 0.0781. The van der Waals surface area contributed by atoms with Crippen LogP contribution in [0.4, 0.5) is 8.78 Å². The van der Waals surface area contributed by atoms with Gasteiger partial charge >= 0.3 is 0 Å². The van der Waals surface area contributed by atoms with E-state index in [0.717, 1.165) is 26.2 Å². The molecule has 130 valence electrons. The Bertz CT molecular complexity index is 824. The third-order valence-electron chi connectivity index (χ3n) is 5.37. The Morgan fingerprint density at radius 1 is 1.04 bits per heavy atom. The molecule has 3 nitrogen and oxygen atoms in total. The summed E-state index contributed by atoms with van der Waals surface area (Å²) in [7, 11) is 0. The van der Waals surface area contributed by atoms with Gasteiger partial charge in [0.15, 0.2) is 0 Å². The normalized spacial score (nSPS) is 22.3. The van der Waals surface area contributed by atoms with Gasteiger partial charge in [-0.2, -0.15) is 0 Å². The molecule has 0 saturated carbocycles. The maximum Gasteiger partial charge on any atom is 0.253 e. The number of hydrogen-bond donors (Lipinski definition) is 1. The van der Waals surface area contributed by atoms with E-state index >= 15 is 0 Å². The van der Waals surface area contributed by atoms with Crippen molar-refractivity contribution in [2.75, 3.05) is 26.2 Å². The maximum absolute atomic E-state index is 14.6. The number of aryl methyl sites for hydroxylation is 1. The van der Waals surface area contributed by atoms with Gasteiger partial charge in [-0.3, -0.25) is 4.79 Å². The summed E-state index contributed by atoms with van der Waals surface area (Å²) in [6.07, 6.45) is 0. The number of benzene rings is 2. The molecule has 0 aliphatic carbocycles. The van der Waals surface area contributed by atoms with Gasteiger partial charge in [0.1, 0.15) is 11.6 Å². The molecule has 2 aromatic rings. The van der Waals surface area contributed by atoms with Gasteiger partial charge in [0, 0.05) is 37.3 Å². The van der Waals surface area contributed by atoms with Gasteiger partial charge in [-0.25, -0.2) is 8.78 Å². The summed E-state index contributed by atoms with van der Waals surface area (Å²) in [6, 6.07) is 8.84. The van der Waals surface area contributed by atoms with Crippen LogP contribution in [0, 0.1) is 30.4 Å². The molecule has 2 atom stereocenters. The van der Waals surface area contributed by atoms with Crippen LogP contribution in [0.3, 0.4) is 0 Å². The van der Waals surface area contributed by atoms with E-state index in [1.54, 1.807) is 25.1 Å². The van der Waals surface area contributed by atoms with Crippen LogP contribution in [-0.4, -0.2) is 37.0 Å². The zero-order valence-electron chi connectivity index (χ0n) is 14.1. The number of hydrogen-bond acceptors (Lipinski definition) is 2. The lowest BCUT2D eigenvalue weighted by Gasteiger charge is -2.18. The summed E-state index contributed by atoms with van der Waals surface area (Å²) in [4.78, 5) is 14.5. The minimum atomic E-state index is -0.457. The molecule has 2 saturated heterocycles. The van der Waals surface area contributed by atoms with E-state index in [1.165, 1.54) is 18.2 Å². The van der Waals surface area contributed by atoms with Gasteiger partial charge in [-0.1, -0.05) is 12.1 Å². The summed E-state index contributed by atoms with van der Waals surface area (Å²) in [5.74, 6) is 0.102. The third-order valence-corrected chi connectivity index (χ3v) is 5.37. The molecule has 2 aliphatic heterocycles. The van der Waals surface area contributed by atoms with Crippen molar-refractivity contribution in [1.29, 1.82) is 0 Å². The second-order valence-corrected chi connectivity index (χ2v) is 7.04. The minimum Gasteiger partial charge on any atom is -0.338 e. The fourth-order valence-electron chi connectivity index (χ4n) is 4.00. The van der Waals surface area contributed by atoms with Crippen molar-refractivity contribution in [1.82, 2.24) is 10.2 Å². The molecule has 1 amide bonds. The predicted molar refractivity (Wildman–Crippen MR) is 92.3 cm³/mol. The molecule has 2 aliphatic rings. The lowest BCUT2D eigenvalue weighted by Crippen LogP contribution is -2.31. The average Bonchev–Trinajstić information content (AvgIpc) is 3.16. The van der Waals surface area contributed by atoms with Crippen LogP contribution in [0.1, 0.15) is 15.9 Å². The van der Waals surface area contributed by atoms with Crippen LogP contribution in [0.2, 0.25) is 0 Å². The molecule has 0 spiro atoms. The van der Waals surface area contributed by atoms with Crippen LogP contribution in [0.25, 0.3) is 11.1 Å². The van der Waals surface area contributed by atoms with Crippen LogP contribution in [0.15, 0.2) is 36.4 Å². The first-order valence-corrected chi connectivity index (χ1v) is 8.59. The number of halogens is 2. The van der Waals surface area contributed by atoms with E-state index in [-0.39, 0.29) is 11.7 Å². The standard InChI is InChI=1S/C20H20F2N2O/c1-12-6-16(21)3-5-17(12)18-4-2-13(7-19(18)22)20(25)24-10-14-8-23-9-15(14)11-24/h2-7,14-15,23H,8-11H2,1H3/t14-,15+. The molecular weight excluding hydrogens is 322 g/mol. The molecule has 5 heteroatoms. The van der Waals surface area contributed by atoms with E-state index in [1.807, 2.05) is 4.90 Å². The van der Waals surface area contributed by atoms with E-state index in [0.29, 0.717) is 34.1 Å². The molecular formula is C20H20F2N2O. The first-order chi connectivity index (χ1) is 12.0. The quantitative estimate of drug-likeness (QED) is 0.909. The highest BCUT2D eigenvalue weighted by Crippen LogP contribution is 2.30. The molecule has 2 heterocycles. The molecule has 2 fully saturated rings. The molecule has 0 bridgehead atoms. The Balaban J connectivity index is 1.58. The van der Waals surface area contributed by atoms with Gasteiger partial charge in [0.05, 0.1) is 0 Å². The Kier molecular flexibility index (Phi) is 4.04. The SMILES string of the molecule is Cc1cc(F)ccc1-c1ccc(C(=O)N2C[C@H]3CNC[C@H]3C2)cc1F. The Labute approximate surface area is 145 Å². The van der Waals surface area contributed by atoms with E-state index in [2.05, 4.69) is 5.32 Å². The molecule has 2 aromatic carbocycles. The van der Waals surface area contributed by atoms with Crippen molar-refractivity contribution < 1.29 is 13.6 Å². The molecule has 1 N–H and O–H groups in total. The Morgan fingerprint density at radius 3 is 2.36 bits per heavy atom. The summed E-state index contributed by atoms with van der Waals surface area (Å²) in [5, 5.41) is 3.34. The number of rotatable bonds is 2. The van der Waals surface area contributed by atoms with Gasteiger partial charge in [-0.15, -0.1) is 0 Å². The van der Waals surface area contributed by atoms with Gasteiger partial charge in [0.2, 0.25) is 0 Å². The van der Waals surface area contributed by atoms with E-state index in [4.69, 9.17) is 0 Å². The lowest BCUT2D eigenvalue weighted by atomic mass is 9.98. The minimum absolute atomic E-state index is 0.115. The maximum atomic E-state index is 14.6. The summed E-state index contributed by atoms with van der Waals surface area (Å²) >= 11 is 0. The number of carbonyl (C=O) groups excluding carboxylic acids is 1. The molecule has 0 aromatic heterocycles. The molecule has 4 rings (SSSR count). The first-order valence-electron chi connectivity index (χ1n) is 8.59. The topological polar surface area (TPSA) is 32.3 Å². The van der Waals surface area contributed by atoms with Crippen molar-refractivity contribution in [3.63, 3.8) is 0 Å². The number of amides is 1. The monoisotopic (exact) mass is 342 g/mol. The second kappa shape index (κ2) is 6.23. The number of likely N-dealkylation sites (tertiary alicyclic amines) is 1.